The van der Waals surface area contributed by atoms with E-state index in [2.05, 4.69) is 29.2 Å². The lowest BCUT2D eigenvalue weighted by molar-refractivity contribution is 0.148. The average Bonchev–Trinajstić information content (AvgIpc) is 3.15. The van der Waals surface area contributed by atoms with Gasteiger partial charge in [-0.05, 0) is 17.7 Å². The highest BCUT2D eigenvalue weighted by atomic mass is 32.2. The van der Waals surface area contributed by atoms with Crippen molar-refractivity contribution >= 4 is 21.4 Å². The first-order valence-electron chi connectivity index (χ1n) is 8.30. The quantitative estimate of drug-likeness (QED) is 0.834. The van der Waals surface area contributed by atoms with E-state index in [1.54, 1.807) is 11.3 Å². The number of hydrogen-bond acceptors (Lipinski definition) is 5. The molecule has 1 aliphatic rings. The molecule has 1 aliphatic heterocycles. The van der Waals surface area contributed by atoms with Crippen LogP contribution in [0.15, 0.2) is 42.5 Å². The number of thiophene rings is 1. The molecule has 0 bridgehead atoms. The lowest BCUT2D eigenvalue weighted by atomic mass is 10.1. The van der Waals surface area contributed by atoms with E-state index < -0.39 is 16.1 Å². The minimum absolute atomic E-state index is 0.00261. The third-order valence-corrected chi connectivity index (χ3v) is 7.64. The Kier molecular flexibility index (Phi) is 5.60. The van der Waals surface area contributed by atoms with Crippen LogP contribution in [-0.2, 0) is 16.6 Å². The summed E-state index contributed by atoms with van der Waals surface area (Å²) in [4.78, 5) is 4.59. The second-order valence-electron chi connectivity index (χ2n) is 6.71. The summed E-state index contributed by atoms with van der Waals surface area (Å²) in [6.07, 6.45) is -0.594. The van der Waals surface area contributed by atoms with E-state index in [0.29, 0.717) is 13.1 Å². The van der Waals surface area contributed by atoms with Crippen LogP contribution < -0.4 is 0 Å². The molecule has 0 aliphatic carbocycles. The number of likely N-dealkylation sites (tertiary alicyclic amines) is 1. The van der Waals surface area contributed by atoms with E-state index in [1.165, 1.54) is 33.7 Å². The molecular formula is C18H24N2O3S2. The summed E-state index contributed by atoms with van der Waals surface area (Å²) >= 11 is 1.74. The van der Waals surface area contributed by atoms with Gasteiger partial charge in [-0.15, -0.1) is 11.3 Å². The Bertz CT molecular complexity index is 803. The fourth-order valence-corrected chi connectivity index (χ4v) is 5.32. The fraction of sp³-hybridized carbons (Fsp3) is 0.444. The topological polar surface area (TPSA) is 60.9 Å². The Labute approximate surface area is 153 Å². The van der Waals surface area contributed by atoms with Gasteiger partial charge in [-0.2, -0.15) is 0 Å². The van der Waals surface area contributed by atoms with Gasteiger partial charge in [0.2, 0.25) is 10.0 Å². The van der Waals surface area contributed by atoms with Crippen molar-refractivity contribution in [1.29, 1.82) is 0 Å². The van der Waals surface area contributed by atoms with E-state index in [1.807, 2.05) is 18.2 Å². The molecule has 0 spiro atoms. The average molecular weight is 381 g/mol. The van der Waals surface area contributed by atoms with Crippen molar-refractivity contribution in [2.24, 2.45) is 5.92 Å². The van der Waals surface area contributed by atoms with Gasteiger partial charge in [0, 0.05) is 49.4 Å². The van der Waals surface area contributed by atoms with Crippen LogP contribution in [0.4, 0.5) is 0 Å². The normalized spacial score (nSPS) is 21.9. The van der Waals surface area contributed by atoms with Gasteiger partial charge in [0.05, 0.1) is 11.9 Å². The number of benzene rings is 1. The highest BCUT2D eigenvalue weighted by Crippen LogP contribution is 2.30. The molecule has 2 unspecified atom stereocenters. The molecule has 25 heavy (non-hydrogen) atoms. The predicted molar refractivity (Wildman–Crippen MR) is 102 cm³/mol. The zero-order valence-corrected chi connectivity index (χ0v) is 16.1. The first-order valence-corrected chi connectivity index (χ1v) is 10.7. The van der Waals surface area contributed by atoms with Gasteiger partial charge >= 0.3 is 0 Å². The maximum Gasteiger partial charge on any atom is 0.214 e. The summed E-state index contributed by atoms with van der Waals surface area (Å²) in [6.45, 7) is 1.87. The molecule has 2 aromatic rings. The molecule has 1 saturated heterocycles. The van der Waals surface area contributed by atoms with E-state index in [0.717, 1.165) is 6.54 Å². The first-order chi connectivity index (χ1) is 11.8. The van der Waals surface area contributed by atoms with Gasteiger partial charge in [-0.25, -0.2) is 12.7 Å². The summed E-state index contributed by atoms with van der Waals surface area (Å²) in [5.41, 5.74) is 1.20. The third kappa shape index (κ3) is 4.48. The lowest BCUT2D eigenvalue weighted by Gasteiger charge is -2.17. The number of sulfonamides is 1. The molecule has 1 N–H and O–H groups in total. The Balaban J connectivity index is 1.62. The zero-order valence-electron chi connectivity index (χ0n) is 14.5. The van der Waals surface area contributed by atoms with Crippen molar-refractivity contribution in [3.63, 3.8) is 0 Å². The molecule has 136 valence electrons. The molecule has 1 aromatic heterocycles. The SMILES string of the molecule is CN(C)S(=O)(=O)CC1CN(Cc2ccc(-c3ccccc3)s2)CC1O. The Morgan fingerprint density at radius 2 is 1.88 bits per heavy atom. The molecule has 2 heterocycles. The number of β-amino-alcohol motifs (C(OH)–C–C–N with tert-alkyl or cyclic N) is 1. The summed E-state index contributed by atoms with van der Waals surface area (Å²) in [6, 6.07) is 14.5. The number of aliphatic hydroxyl groups is 1. The summed E-state index contributed by atoms with van der Waals surface area (Å²) in [5.74, 6) is -0.238. The van der Waals surface area contributed by atoms with E-state index in [9.17, 15) is 13.5 Å². The van der Waals surface area contributed by atoms with Crippen LogP contribution in [0.2, 0.25) is 0 Å². The maximum atomic E-state index is 12.1. The molecule has 2 atom stereocenters. The Morgan fingerprint density at radius 1 is 1.16 bits per heavy atom. The van der Waals surface area contributed by atoms with Gasteiger partial charge in [0.25, 0.3) is 0 Å². The second kappa shape index (κ2) is 7.55. The molecule has 3 rings (SSSR count). The van der Waals surface area contributed by atoms with Crippen molar-refractivity contribution in [1.82, 2.24) is 9.21 Å². The van der Waals surface area contributed by atoms with Crippen LogP contribution >= 0.6 is 11.3 Å². The standard InChI is InChI=1S/C18H24N2O3S2/c1-19(2)25(22,23)13-15-10-20(12-17(15)21)11-16-8-9-18(24-16)14-6-4-3-5-7-14/h3-9,15,17,21H,10-13H2,1-2H3. The van der Waals surface area contributed by atoms with Gasteiger partial charge in [0.15, 0.2) is 0 Å². The molecule has 0 radical (unpaired) electrons. The van der Waals surface area contributed by atoms with E-state index >= 15 is 0 Å². The summed E-state index contributed by atoms with van der Waals surface area (Å²) in [7, 11) is -0.228. The predicted octanol–water partition coefficient (Wildman–Crippen LogP) is 2.10. The van der Waals surface area contributed by atoms with Crippen LogP contribution in [0.3, 0.4) is 0 Å². The van der Waals surface area contributed by atoms with Crippen LogP contribution in [0, 0.1) is 5.92 Å². The molecular weight excluding hydrogens is 356 g/mol. The largest absolute Gasteiger partial charge is 0.391 e. The summed E-state index contributed by atoms with van der Waals surface area (Å²) in [5, 5.41) is 10.2. The smallest absolute Gasteiger partial charge is 0.214 e. The van der Waals surface area contributed by atoms with Gasteiger partial charge in [-0.3, -0.25) is 4.90 Å². The monoisotopic (exact) mass is 380 g/mol. The van der Waals surface area contributed by atoms with Crippen LogP contribution in [0.1, 0.15) is 4.88 Å². The van der Waals surface area contributed by atoms with Crippen molar-refractivity contribution in [3.8, 4) is 10.4 Å². The van der Waals surface area contributed by atoms with E-state index in [-0.39, 0.29) is 11.7 Å². The van der Waals surface area contributed by atoms with Crippen LogP contribution in [-0.4, -0.2) is 61.8 Å². The Morgan fingerprint density at radius 3 is 2.56 bits per heavy atom. The number of rotatable bonds is 6. The van der Waals surface area contributed by atoms with Crippen LogP contribution in [0.25, 0.3) is 10.4 Å². The van der Waals surface area contributed by atoms with Crippen molar-refractivity contribution in [3.05, 3.63) is 47.3 Å². The van der Waals surface area contributed by atoms with Crippen LogP contribution in [0.5, 0.6) is 0 Å². The number of hydrogen-bond donors (Lipinski definition) is 1. The Hall–Kier alpha value is -1.25. The second-order valence-corrected chi connectivity index (χ2v) is 10.1. The molecule has 5 nitrogen and oxygen atoms in total. The number of nitrogens with zero attached hydrogens (tertiary/aromatic N) is 2. The maximum absolute atomic E-state index is 12.1. The number of aliphatic hydroxyl groups excluding tert-OH is 1. The molecule has 0 amide bonds. The van der Waals surface area contributed by atoms with Crippen molar-refractivity contribution in [2.45, 2.75) is 12.6 Å². The fourth-order valence-electron chi connectivity index (χ4n) is 3.09. The summed E-state index contributed by atoms with van der Waals surface area (Å²) < 4.78 is 25.3. The van der Waals surface area contributed by atoms with Gasteiger partial charge in [-0.1, -0.05) is 30.3 Å². The van der Waals surface area contributed by atoms with Crippen molar-refractivity contribution in [2.75, 3.05) is 32.9 Å². The molecule has 1 fully saturated rings. The van der Waals surface area contributed by atoms with E-state index in [4.69, 9.17) is 0 Å². The molecule has 7 heteroatoms. The van der Waals surface area contributed by atoms with Gasteiger partial charge in [0.1, 0.15) is 0 Å². The zero-order chi connectivity index (χ0) is 18.0. The third-order valence-electron chi connectivity index (χ3n) is 4.56. The lowest BCUT2D eigenvalue weighted by Crippen LogP contribution is -2.33. The molecule has 0 saturated carbocycles. The van der Waals surface area contributed by atoms with Crippen molar-refractivity contribution < 1.29 is 13.5 Å². The van der Waals surface area contributed by atoms with Gasteiger partial charge < -0.3 is 5.11 Å². The molecule has 1 aromatic carbocycles. The highest BCUT2D eigenvalue weighted by molar-refractivity contribution is 7.89. The minimum Gasteiger partial charge on any atom is -0.391 e. The highest BCUT2D eigenvalue weighted by Gasteiger charge is 2.35. The minimum atomic E-state index is -3.29. The first kappa shape index (κ1) is 18.5.